The molecular weight excluding hydrogens is 533 g/mol. The molecule has 0 saturated carbocycles. The smallest absolute Gasteiger partial charge is 0.418 e. The SMILES string of the molecule is O=C(O)CCCN1CCCCCCc2ccccc2-c2nc(ccc2C(F)(F)F)NS(=O)(=O)c2cccc1n2. The molecule has 4 rings (SSSR count). The van der Waals surface area contributed by atoms with E-state index in [2.05, 4.69) is 14.7 Å². The molecule has 0 atom stereocenters. The summed E-state index contributed by atoms with van der Waals surface area (Å²) in [7, 11) is -4.30. The van der Waals surface area contributed by atoms with Gasteiger partial charge in [0.05, 0.1) is 11.3 Å². The summed E-state index contributed by atoms with van der Waals surface area (Å²) in [6.45, 7) is 0.935. The Kier molecular flexibility index (Phi) is 8.73. The van der Waals surface area contributed by atoms with Gasteiger partial charge in [0.2, 0.25) is 0 Å². The Labute approximate surface area is 225 Å². The molecule has 3 heterocycles. The molecule has 3 aromatic rings. The largest absolute Gasteiger partial charge is 0.481 e. The van der Waals surface area contributed by atoms with E-state index in [4.69, 9.17) is 5.11 Å². The average molecular weight is 563 g/mol. The molecule has 2 N–H and O–H groups in total. The summed E-state index contributed by atoms with van der Waals surface area (Å²) in [6, 6.07) is 13.0. The number of nitrogens with one attached hydrogen (secondary N) is 1. The maximum atomic E-state index is 13.9. The lowest BCUT2D eigenvalue weighted by Crippen LogP contribution is -2.28. The molecule has 0 spiro atoms. The molecule has 1 aromatic carbocycles. The molecule has 1 aliphatic rings. The zero-order valence-corrected chi connectivity index (χ0v) is 21.9. The highest BCUT2D eigenvalue weighted by molar-refractivity contribution is 7.92. The number of aliphatic carboxylic acids is 1. The highest BCUT2D eigenvalue weighted by Crippen LogP contribution is 2.38. The molecule has 208 valence electrons. The van der Waals surface area contributed by atoms with E-state index in [-0.39, 0.29) is 23.0 Å². The number of anilines is 2. The molecule has 39 heavy (non-hydrogen) atoms. The van der Waals surface area contributed by atoms with E-state index < -0.39 is 27.7 Å². The summed E-state index contributed by atoms with van der Waals surface area (Å²) >= 11 is 0. The van der Waals surface area contributed by atoms with Gasteiger partial charge < -0.3 is 10.0 Å². The summed E-state index contributed by atoms with van der Waals surface area (Å²) in [4.78, 5) is 21.3. The fourth-order valence-electron chi connectivity index (χ4n) is 4.57. The van der Waals surface area contributed by atoms with Crippen LogP contribution in [-0.2, 0) is 27.4 Å². The highest BCUT2D eigenvalue weighted by Gasteiger charge is 2.35. The third kappa shape index (κ3) is 7.25. The topological polar surface area (TPSA) is 112 Å². The van der Waals surface area contributed by atoms with Crippen LogP contribution in [0.5, 0.6) is 0 Å². The van der Waals surface area contributed by atoms with Crippen molar-refractivity contribution in [3.63, 3.8) is 0 Å². The fraction of sp³-hybridized carbons (Fsp3) is 0.370. The second-order valence-corrected chi connectivity index (χ2v) is 11.0. The molecular formula is C27H29F3N4O4S. The molecule has 0 amide bonds. The lowest BCUT2D eigenvalue weighted by atomic mass is 9.96. The summed E-state index contributed by atoms with van der Waals surface area (Å²) in [5.41, 5.74) is -0.287. The van der Waals surface area contributed by atoms with Gasteiger partial charge in [-0.2, -0.15) is 21.6 Å². The highest BCUT2D eigenvalue weighted by atomic mass is 32.2. The van der Waals surface area contributed by atoms with E-state index >= 15 is 0 Å². The Morgan fingerprint density at radius 2 is 1.74 bits per heavy atom. The molecule has 0 aliphatic carbocycles. The van der Waals surface area contributed by atoms with Gasteiger partial charge in [-0.1, -0.05) is 43.2 Å². The van der Waals surface area contributed by atoms with Crippen LogP contribution < -0.4 is 9.62 Å². The summed E-state index contributed by atoms with van der Waals surface area (Å²) in [5, 5.41) is 8.71. The van der Waals surface area contributed by atoms with E-state index in [1.165, 1.54) is 12.1 Å². The number of halogens is 3. The van der Waals surface area contributed by atoms with Crippen molar-refractivity contribution in [1.82, 2.24) is 9.97 Å². The van der Waals surface area contributed by atoms with E-state index in [0.717, 1.165) is 37.8 Å². The van der Waals surface area contributed by atoms with Crippen molar-refractivity contribution in [2.45, 2.75) is 56.1 Å². The van der Waals surface area contributed by atoms with Crippen molar-refractivity contribution in [3.05, 3.63) is 65.7 Å². The Balaban J connectivity index is 1.77. The van der Waals surface area contributed by atoms with Crippen LogP contribution in [-0.4, -0.2) is 42.6 Å². The number of alkyl halides is 3. The fourth-order valence-corrected chi connectivity index (χ4v) is 5.54. The number of aryl methyl sites for hydroxylation is 1. The first-order valence-electron chi connectivity index (χ1n) is 12.7. The number of carbonyl (C=O) groups is 1. The zero-order valence-electron chi connectivity index (χ0n) is 21.1. The Hall–Kier alpha value is -3.67. The van der Waals surface area contributed by atoms with Gasteiger partial charge >= 0.3 is 12.1 Å². The predicted molar refractivity (Wildman–Crippen MR) is 141 cm³/mol. The summed E-state index contributed by atoms with van der Waals surface area (Å²) < 4.78 is 70.6. The van der Waals surface area contributed by atoms with Crippen LogP contribution in [0, 0.1) is 0 Å². The average Bonchev–Trinajstić information content (AvgIpc) is 2.88. The van der Waals surface area contributed by atoms with Crippen molar-refractivity contribution in [1.29, 1.82) is 0 Å². The van der Waals surface area contributed by atoms with Crippen molar-refractivity contribution in [3.8, 4) is 11.3 Å². The van der Waals surface area contributed by atoms with Crippen LogP contribution >= 0.6 is 0 Å². The zero-order chi connectivity index (χ0) is 28.0. The van der Waals surface area contributed by atoms with Gasteiger partial charge in [0.15, 0.2) is 5.03 Å². The number of hydrogen-bond acceptors (Lipinski definition) is 6. The molecule has 0 radical (unpaired) electrons. The Morgan fingerprint density at radius 3 is 2.51 bits per heavy atom. The van der Waals surface area contributed by atoms with Gasteiger partial charge in [0.25, 0.3) is 10.0 Å². The summed E-state index contributed by atoms with van der Waals surface area (Å²) in [6.07, 6.45) is -0.650. The van der Waals surface area contributed by atoms with Crippen LogP contribution in [0.15, 0.2) is 59.6 Å². The van der Waals surface area contributed by atoms with Crippen LogP contribution in [0.1, 0.15) is 49.7 Å². The van der Waals surface area contributed by atoms with Crippen molar-refractivity contribution < 1.29 is 31.5 Å². The van der Waals surface area contributed by atoms with E-state index in [9.17, 15) is 26.4 Å². The number of nitrogens with zero attached hydrogens (tertiary/aromatic N) is 3. The lowest BCUT2D eigenvalue weighted by Gasteiger charge is -2.24. The monoisotopic (exact) mass is 562 g/mol. The third-order valence-electron chi connectivity index (χ3n) is 6.46. The minimum absolute atomic E-state index is 0.0304. The number of pyridine rings is 2. The Bertz CT molecular complexity index is 1430. The number of rotatable bonds is 4. The first-order valence-corrected chi connectivity index (χ1v) is 14.2. The maximum Gasteiger partial charge on any atom is 0.418 e. The maximum absolute atomic E-state index is 13.9. The van der Waals surface area contributed by atoms with E-state index in [0.29, 0.717) is 42.9 Å². The van der Waals surface area contributed by atoms with Crippen molar-refractivity contribution in [2.24, 2.45) is 0 Å². The minimum Gasteiger partial charge on any atom is -0.481 e. The van der Waals surface area contributed by atoms with E-state index in [1.54, 1.807) is 30.3 Å². The quantitative estimate of drug-likeness (QED) is 0.416. The van der Waals surface area contributed by atoms with Crippen molar-refractivity contribution in [2.75, 3.05) is 22.7 Å². The summed E-state index contributed by atoms with van der Waals surface area (Å²) in [5.74, 6) is -0.804. The van der Waals surface area contributed by atoms with Gasteiger partial charge in [-0.15, -0.1) is 0 Å². The van der Waals surface area contributed by atoms with Crippen LogP contribution in [0.2, 0.25) is 0 Å². The minimum atomic E-state index is -4.69. The van der Waals surface area contributed by atoms with Crippen LogP contribution in [0.4, 0.5) is 24.8 Å². The molecule has 0 fully saturated rings. The molecule has 1 aliphatic heterocycles. The molecule has 8 nitrogen and oxygen atoms in total. The van der Waals surface area contributed by atoms with E-state index in [1.807, 2.05) is 4.90 Å². The number of hydrogen-bond donors (Lipinski definition) is 2. The van der Waals surface area contributed by atoms with Gasteiger partial charge in [0, 0.05) is 25.1 Å². The number of benzene rings is 1. The number of carboxylic acid groups (broad SMARTS) is 1. The molecule has 0 unspecified atom stereocenters. The van der Waals surface area contributed by atoms with Crippen LogP contribution in [0.25, 0.3) is 11.3 Å². The van der Waals surface area contributed by atoms with Gasteiger partial charge in [0.1, 0.15) is 11.6 Å². The Morgan fingerprint density at radius 1 is 0.974 bits per heavy atom. The molecule has 4 bridgehead atoms. The first kappa shape index (κ1) is 28.3. The number of fused-ring (bicyclic) bond motifs is 6. The number of aromatic nitrogens is 2. The number of carboxylic acids is 1. The first-order chi connectivity index (χ1) is 18.5. The second kappa shape index (κ2) is 12.0. The molecule has 12 heteroatoms. The van der Waals surface area contributed by atoms with Crippen LogP contribution in [0.3, 0.4) is 0 Å². The second-order valence-electron chi connectivity index (χ2n) is 9.34. The third-order valence-corrected chi connectivity index (χ3v) is 7.72. The van der Waals surface area contributed by atoms with Gasteiger partial charge in [-0.25, -0.2) is 9.97 Å². The molecule has 2 aromatic heterocycles. The lowest BCUT2D eigenvalue weighted by molar-refractivity contribution is -0.138. The standard InChI is InChI=1S/C27H29F3N4O4S/c28-27(29,30)21-15-16-22-31-26(21)20-11-5-4-10-19(20)9-3-1-2-6-17-34(18-8-14-25(35)36)23-12-7-13-24(32-23)39(37,38)33-22/h4-5,7,10-13,15-16H,1-3,6,8-9,14,17-18H2,(H,31,33)(H,35,36). The van der Waals surface area contributed by atoms with Crippen molar-refractivity contribution >= 4 is 27.6 Å². The normalized spacial score (nSPS) is 16.0. The van der Waals surface area contributed by atoms with Gasteiger partial charge in [-0.05, 0) is 55.5 Å². The predicted octanol–water partition coefficient (Wildman–Crippen LogP) is 5.75. The molecule has 0 saturated heterocycles. The van der Waals surface area contributed by atoms with Gasteiger partial charge in [-0.3, -0.25) is 9.52 Å². The number of sulfonamides is 1.